The number of hydrogen-bond donors (Lipinski definition) is 2. The molecule has 74 valence electrons. The molecule has 2 N–H and O–H groups in total. The summed E-state index contributed by atoms with van der Waals surface area (Å²) < 4.78 is 0. The van der Waals surface area contributed by atoms with Gasteiger partial charge in [-0.15, -0.1) is 11.6 Å². The molecular formula is C8H8ClN3O2. The summed E-state index contributed by atoms with van der Waals surface area (Å²) >= 11 is 5.21. The number of carbonyl (C=O) groups excluding carboxylic acids is 2. The van der Waals surface area contributed by atoms with E-state index in [0.29, 0.717) is 5.56 Å². The molecule has 0 atom stereocenters. The molecule has 6 heteroatoms. The summed E-state index contributed by atoms with van der Waals surface area (Å²) in [5, 5.41) is 0. The molecule has 1 aromatic rings. The zero-order valence-corrected chi connectivity index (χ0v) is 7.91. The lowest BCUT2D eigenvalue weighted by Gasteiger charge is -2.04. The molecule has 0 spiro atoms. The Balaban J connectivity index is 2.48. The van der Waals surface area contributed by atoms with Crippen molar-refractivity contribution in [3.63, 3.8) is 0 Å². The van der Waals surface area contributed by atoms with Crippen molar-refractivity contribution in [2.75, 3.05) is 5.88 Å². The highest BCUT2D eigenvalue weighted by atomic mass is 35.5. The van der Waals surface area contributed by atoms with Crippen LogP contribution in [0.4, 0.5) is 0 Å². The topological polar surface area (TPSA) is 71.1 Å². The molecule has 1 aromatic heterocycles. The number of aromatic nitrogens is 1. The fourth-order valence-corrected chi connectivity index (χ4v) is 0.802. The molecule has 0 fully saturated rings. The van der Waals surface area contributed by atoms with Crippen LogP contribution in [-0.2, 0) is 4.79 Å². The minimum absolute atomic E-state index is 0.198. The number of hydrazine groups is 1. The highest BCUT2D eigenvalue weighted by molar-refractivity contribution is 6.27. The van der Waals surface area contributed by atoms with Gasteiger partial charge in [0, 0.05) is 18.0 Å². The van der Waals surface area contributed by atoms with E-state index >= 15 is 0 Å². The van der Waals surface area contributed by atoms with Crippen LogP contribution in [0.2, 0.25) is 0 Å². The van der Waals surface area contributed by atoms with Gasteiger partial charge in [0.15, 0.2) is 0 Å². The lowest BCUT2D eigenvalue weighted by Crippen LogP contribution is -2.42. The van der Waals surface area contributed by atoms with Crippen molar-refractivity contribution in [1.82, 2.24) is 15.8 Å². The van der Waals surface area contributed by atoms with E-state index in [4.69, 9.17) is 11.6 Å². The number of amides is 2. The Bertz CT molecular complexity index is 329. The van der Waals surface area contributed by atoms with E-state index in [2.05, 4.69) is 15.8 Å². The second-order valence-corrected chi connectivity index (χ2v) is 2.64. The largest absolute Gasteiger partial charge is 0.272 e. The summed E-state index contributed by atoms with van der Waals surface area (Å²) in [4.78, 5) is 25.7. The molecule has 0 aliphatic heterocycles. The first-order chi connectivity index (χ1) is 6.74. The molecule has 1 heterocycles. The Morgan fingerprint density at radius 3 is 2.50 bits per heavy atom. The van der Waals surface area contributed by atoms with Crippen molar-refractivity contribution in [2.45, 2.75) is 0 Å². The molecule has 0 bridgehead atoms. The Morgan fingerprint density at radius 2 is 1.93 bits per heavy atom. The highest BCUT2D eigenvalue weighted by Crippen LogP contribution is 1.94. The number of hydrogen-bond acceptors (Lipinski definition) is 3. The zero-order valence-electron chi connectivity index (χ0n) is 7.16. The van der Waals surface area contributed by atoms with Gasteiger partial charge >= 0.3 is 0 Å². The summed E-state index contributed by atoms with van der Waals surface area (Å²) in [6.45, 7) is 0. The van der Waals surface area contributed by atoms with Crippen LogP contribution in [-0.4, -0.2) is 22.7 Å². The van der Waals surface area contributed by atoms with Crippen LogP contribution >= 0.6 is 11.6 Å². The predicted octanol–water partition coefficient (Wildman–Crippen LogP) is 0.0814. The first kappa shape index (κ1) is 10.5. The highest BCUT2D eigenvalue weighted by Gasteiger charge is 2.04. The number of rotatable bonds is 2. The molecule has 0 aliphatic carbocycles. The van der Waals surface area contributed by atoms with Crippen molar-refractivity contribution in [3.05, 3.63) is 30.1 Å². The van der Waals surface area contributed by atoms with Gasteiger partial charge in [0.05, 0.1) is 0 Å². The minimum Gasteiger partial charge on any atom is -0.272 e. The SMILES string of the molecule is O=C(CCl)NNC(=O)c1ccncc1. The standard InChI is InChI=1S/C8H8ClN3O2/c9-5-7(13)11-12-8(14)6-1-3-10-4-2-6/h1-4H,5H2,(H,11,13)(H,12,14). The third-order valence-corrected chi connectivity index (χ3v) is 1.62. The molecule has 2 amide bonds. The molecule has 14 heavy (non-hydrogen) atoms. The summed E-state index contributed by atoms with van der Waals surface area (Å²) in [6, 6.07) is 3.06. The number of carbonyl (C=O) groups is 2. The lowest BCUT2D eigenvalue weighted by atomic mass is 10.3. The molecule has 0 aromatic carbocycles. The maximum Gasteiger partial charge on any atom is 0.269 e. The van der Waals surface area contributed by atoms with Crippen molar-refractivity contribution < 1.29 is 9.59 Å². The summed E-state index contributed by atoms with van der Waals surface area (Å²) in [5.41, 5.74) is 4.75. The Hall–Kier alpha value is -1.62. The fraction of sp³-hybridized carbons (Fsp3) is 0.125. The van der Waals surface area contributed by atoms with Gasteiger partial charge < -0.3 is 0 Å². The van der Waals surface area contributed by atoms with Crippen LogP contribution in [0, 0.1) is 0 Å². The molecule has 1 rings (SSSR count). The molecule has 0 radical (unpaired) electrons. The molecule has 5 nitrogen and oxygen atoms in total. The van der Waals surface area contributed by atoms with Crippen LogP contribution < -0.4 is 10.9 Å². The quantitative estimate of drug-likeness (QED) is 0.540. The minimum atomic E-state index is -0.464. The lowest BCUT2D eigenvalue weighted by molar-refractivity contribution is -0.119. The van der Waals surface area contributed by atoms with Crippen LogP contribution in [0.1, 0.15) is 10.4 Å². The van der Waals surface area contributed by atoms with Crippen molar-refractivity contribution in [1.29, 1.82) is 0 Å². The number of alkyl halides is 1. The monoisotopic (exact) mass is 213 g/mol. The van der Waals surface area contributed by atoms with E-state index in [1.165, 1.54) is 24.5 Å². The molecule has 0 aliphatic rings. The number of nitrogens with one attached hydrogen (secondary N) is 2. The van der Waals surface area contributed by atoms with Gasteiger partial charge in [-0.2, -0.15) is 0 Å². The number of halogens is 1. The molecular weight excluding hydrogens is 206 g/mol. The predicted molar refractivity (Wildman–Crippen MR) is 50.6 cm³/mol. The Kier molecular flexibility index (Phi) is 3.87. The Morgan fingerprint density at radius 1 is 1.29 bits per heavy atom. The number of pyridine rings is 1. The van der Waals surface area contributed by atoms with Gasteiger partial charge in [-0.1, -0.05) is 0 Å². The van der Waals surface area contributed by atoms with E-state index in [9.17, 15) is 9.59 Å². The van der Waals surface area contributed by atoms with Crippen LogP contribution in [0.15, 0.2) is 24.5 Å². The van der Waals surface area contributed by atoms with Gasteiger partial charge in [-0.3, -0.25) is 25.4 Å². The third-order valence-electron chi connectivity index (χ3n) is 1.38. The molecule has 0 saturated heterocycles. The van der Waals surface area contributed by atoms with E-state index in [-0.39, 0.29) is 5.88 Å². The maximum atomic E-state index is 11.3. The molecule has 0 unspecified atom stereocenters. The first-order valence-electron chi connectivity index (χ1n) is 3.79. The third kappa shape index (κ3) is 3.02. The second kappa shape index (κ2) is 5.18. The summed E-state index contributed by atoms with van der Waals surface area (Å²) in [6.07, 6.45) is 2.97. The van der Waals surface area contributed by atoms with Crippen LogP contribution in [0.3, 0.4) is 0 Å². The van der Waals surface area contributed by atoms with Crippen molar-refractivity contribution >= 4 is 23.4 Å². The van der Waals surface area contributed by atoms with Crippen molar-refractivity contribution in [2.24, 2.45) is 0 Å². The van der Waals surface area contributed by atoms with Gasteiger partial charge in [0.2, 0.25) is 0 Å². The van der Waals surface area contributed by atoms with Gasteiger partial charge in [-0.05, 0) is 12.1 Å². The van der Waals surface area contributed by atoms with Gasteiger partial charge in [0.25, 0.3) is 11.8 Å². The van der Waals surface area contributed by atoms with E-state index in [1.807, 2.05) is 0 Å². The summed E-state index contributed by atoms with van der Waals surface area (Å²) in [5.74, 6) is -1.07. The van der Waals surface area contributed by atoms with Crippen LogP contribution in [0.5, 0.6) is 0 Å². The van der Waals surface area contributed by atoms with Gasteiger partial charge in [0.1, 0.15) is 5.88 Å². The maximum absolute atomic E-state index is 11.3. The normalized spacial score (nSPS) is 9.21. The summed E-state index contributed by atoms with van der Waals surface area (Å²) in [7, 11) is 0. The number of nitrogens with zero attached hydrogens (tertiary/aromatic N) is 1. The van der Waals surface area contributed by atoms with Crippen molar-refractivity contribution in [3.8, 4) is 0 Å². The first-order valence-corrected chi connectivity index (χ1v) is 4.32. The second-order valence-electron chi connectivity index (χ2n) is 2.37. The van der Waals surface area contributed by atoms with E-state index < -0.39 is 11.8 Å². The Labute approximate surface area is 85.4 Å². The average molecular weight is 214 g/mol. The smallest absolute Gasteiger partial charge is 0.269 e. The average Bonchev–Trinajstić information content (AvgIpc) is 2.26. The van der Waals surface area contributed by atoms with Crippen LogP contribution in [0.25, 0.3) is 0 Å². The van der Waals surface area contributed by atoms with Gasteiger partial charge in [-0.25, -0.2) is 0 Å². The fourth-order valence-electron chi connectivity index (χ4n) is 0.735. The van der Waals surface area contributed by atoms with E-state index in [0.717, 1.165) is 0 Å². The van der Waals surface area contributed by atoms with E-state index in [1.54, 1.807) is 0 Å². The zero-order chi connectivity index (χ0) is 10.4. The molecule has 0 saturated carbocycles.